The molecule has 1 aromatic carbocycles. The van der Waals surface area contributed by atoms with E-state index in [4.69, 9.17) is 11.6 Å². The summed E-state index contributed by atoms with van der Waals surface area (Å²) in [5, 5.41) is 6.81. The monoisotopic (exact) mass is 308 g/mol. The van der Waals surface area contributed by atoms with Crippen LogP contribution in [0, 0.1) is 11.3 Å². The summed E-state index contributed by atoms with van der Waals surface area (Å²) in [5.41, 5.74) is 1.71. The molecule has 0 aliphatic heterocycles. The molecule has 21 heavy (non-hydrogen) atoms. The Morgan fingerprint density at radius 1 is 1.33 bits per heavy atom. The van der Waals surface area contributed by atoms with Gasteiger partial charge in [0.2, 0.25) is 0 Å². The average molecular weight is 309 g/mol. The van der Waals surface area contributed by atoms with Crippen molar-refractivity contribution in [3.05, 3.63) is 28.8 Å². The highest BCUT2D eigenvalue weighted by Crippen LogP contribution is 2.38. The van der Waals surface area contributed by atoms with Crippen molar-refractivity contribution in [2.24, 2.45) is 11.3 Å². The molecule has 4 heteroatoms. The summed E-state index contributed by atoms with van der Waals surface area (Å²) in [7, 11) is 1.81. The predicted octanol–water partition coefficient (Wildman–Crippen LogP) is 4.33. The van der Waals surface area contributed by atoms with Crippen LogP contribution in [0.25, 0.3) is 0 Å². The average Bonchev–Trinajstić information content (AvgIpc) is 2.36. The SMILES string of the molecule is CNc1ccc(Cl)cc1C(=O)N[C@H]1C[C@H](C)CC(C)(C)C1. The van der Waals surface area contributed by atoms with E-state index in [1.165, 1.54) is 6.42 Å². The number of benzene rings is 1. The van der Waals surface area contributed by atoms with Gasteiger partial charge in [-0.15, -0.1) is 0 Å². The molecule has 0 radical (unpaired) electrons. The number of carbonyl (C=O) groups excluding carboxylic acids is 1. The third kappa shape index (κ3) is 4.13. The Labute approximate surface area is 132 Å². The van der Waals surface area contributed by atoms with Crippen LogP contribution < -0.4 is 10.6 Å². The highest BCUT2D eigenvalue weighted by atomic mass is 35.5. The van der Waals surface area contributed by atoms with Gasteiger partial charge in [-0.2, -0.15) is 0 Å². The molecule has 0 spiro atoms. The Morgan fingerprint density at radius 2 is 2.05 bits per heavy atom. The van der Waals surface area contributed by atoms with Crippen molar-refractivity contribution in [3.63, 3.8) is 0 Å². The number of anilines is 1. The number of amides is 1. The van der Waals surface area contributed by atoms with Gasteiger partial charge in [0.15, 0.2) is 0 Å². The van der Waals surface area contributed by atoms with Crippen LogP contribution in [0.15, 0.2) is 18.2 Å². The minimum Gasteiger partial charge on any atom is -0.387 e. The van der Waals surface area contributed by atoms with Crippen molar-refractivity contribution in [1.29, 1.82) is 0 Å². The lowest BCUT2D eigenvalue weighted by atomic mass is 9.70. The van der Waals surface area contributed by atoms with Gasteiger partial charge in [-0.05, 0) is 48.8 Å². The first-order valence-electron chi connectivity index (χ1n) is 7.59. The van der Waals surface area contributed by atoms with Gasteiger partial charge >= 0.3 is 0 Å². The van der Waals surface area contributed by atoms with Crippen LogP contribution in [-0.2, 0) is 0 Å². The Morgan fingerprint density at radius 3 is 2.67 bits per heavy atom. The maximum Gasteiger partial charge on any atom is 0.253 e. The molecule has 0 unspecified atom stereocenters. The van der Waals surface area contributed by atoms with Crippen LogP contribution in [0.2, 0.25) is 5.02 Å². The van der Waals surface area contributed by atoms with E-state index in [2.05, 4.69) is 31.4 Å². The summed E-state index contributed by atoms with van der Waals surface area (Å²) >= 11 is 6.02. The normalized spacial score (nSPS) is 24.4. The molecule has 1 saturated carbocycles. The molecule has 2 N–H and O–H groups in total. The first-order valence-corrected chi connectivity index (χ1v) is 7.97. The molecule has 0 heterocycles. The quantitative estimate of drug-likeness (QED) is 0.873. The molecule has 2 rings (SSSR count). The number of nitrogens with one attached hydrogen (secondary N) is 2. The van der Waals surface area contributed by atoms with E-state index in [1.807, 2.05) is 13.1 Å². The van der Waals surface area contributed by atoms with Gasteiger partial charge in [-0.25, -0.2) is 0 Å². The number of halogens is 1. The lowest BCUT2D eigenvalue weighted by Crippen LogP contribution is -2.43. The molecule has 2 atom stereocenters. The van der Waals surface area contributed by atoms with E-state index >= 15 is 0 Å². The topological polar surface area (TPSA) is 41.1 Å². The Kier molecular flexibility index (Phi) is 4.82. The molecule has 1 aliphatic carbocycles. The molecule has 1 amide bonds. The van der Waals surface area contributed by atoms with Gasteiger partial charge in [-0.1, -0.05) is 32.4 Å². The Bertz CT molecular complexity index is 528. The van der Waals surface area contributed by atoms with Crippen molar-refractivity contribution in [3.8, 4) is 0 Å². The molecule has 0 saturated heterocycles. The highest BCUT2D eigenvalue weighted by molar-refractivity contribution is 6.31. The third-order valence-electron chi connectivity index (χ3n) is 4.22. The maximum atomic E-state index is 12.6. The van der Waals surface area contributed by atoms with E-state index in [1.54, 1.807) is 12.1 Å². The molecular weight excluding hydrogens is 284 g/mol. The second kappa shape index (κ2) is 6.27. The molecule has 0 aromatic heterocycles. The zero-order chi connectivity index (χ0) is 15.6. The highest BCUT2D eigenvalue weighted by Gasteiger charge is 2.33. The largest absolute Gasteiger partial charge is 0.387 e. The smallest absolute Gasteiger partial charge is 0.253 e. The first-order chi connectivity index (χ1) is 9.80. The molecule has 1 aliphatic rings. The van der Waals surface area contributed by atoms with E-state index in [-0.39, 0.29) is 17.4 Å². The fraction of sp³-hybridized carbons (Fsp3) is 0.588. The second-order valence-corrected chi connectivity index (χ2v) is 7.46. The van der Waals surface area contributed by atoms with Crippen LogP contribution in [0.1, 0.15) is 50.4 Å². The number of rotatable bonds is 3. The van der Waals surface area contributed by atoms with Crippen LogP contribution >= 0.6 is 11.6 Å². The van der Waals surface area contributed by atoms with Crippen LogP contribution in [0.3, 0.4) is 0 Å². The molecular formula is C17H25ClN2O. The molecule has 3 nitrogen and oxygen atoms in total. The summed E-state index contributed by atoms with van der Waals surface area (Å²) < 4.78 is 0. The number of hydrogen-bond acceptors (Lipinski definition) is 2. The van der Waals surface area contributed by atoms with E-state index in [9.17, 15) is 4.79 Å². The lowest BCUT2D eigenvalue weighted by molar-refractivity contribution is 0.0875. The van der Waals surface area contributed by atoms with Crippen LogP contribution in [0.4, 0.5) is 5.69 Å². The third-order valence-corrected chi connectivity index (χ3v) is 4.45. The Balaban J connectivity index is 2.13. The van der Waals surface area contributed by atoms with Crippen molar-refractivity contribution >= 4 is 23.2 Å². The summed E-state index contributed by atoms with van der Waals surface area (Å²) in [5.74, 6) is 0.596. The van der Waals surface area contributed by atoms with E-state index < -0.39 is 0 Å². The lowest BCUT2D eigenvalue weighted by Gasteiger charge is -2.39. The molecule has 0 bridgehead atoms. The fourth-order valence-electron chi connectivity index (χ4n) is 3.64. The summed E-state index contributed by atoms with van der Waals surface area (Å²) in [4.78, 5) is 12.6. The fourth-order valence-corrected chi connectivity index (χ4v) is 3.81. The molecule has 116 valence electrons. The van der Waals surface area contributed by atoms with Crippen LogP contribution in [0.5, 0.6) is 0 Å². The summed E-state index contributed by atoms with van der Waals surface area (Å²) in [6.07, 6.45) is 3.29. The standard InChI is InChI=1S/C17H25ClN2O/c1-11-7-13(10-17(2,3)9-11)20-16(21)14-8-12(18)5-6-15(14)19-4/h5-6,8,11,13,19H,7,9-10H2,1-4H3,(H,20,21)/t11-,13-/m0/s1. The zero-order valence-electron chi connectivity index (χ0n) is 13.3. The maximum absolute atomic E-state index is 12.6. The minimum atomic E-state index is -0.0447. The number of hydrogen-bond donors (Lipinski definition) is 2. The Hall–Kier alpha value is -1.22. The second-order valence-electron chi connectivity index (χ2n) is 7.02. The van der Waals surface area contributed by atoms with Gasteiger partial charge in [-0.3, -0.25) is 4.79 Å². The van der Waals surface area contributed by atoms with Crippen molar-refractivity contribution in [2.45, 2.75) is 46.1 Å². The summed E-state index contributed by atoms with van der Waals surface area (Å²) in [6, 6.07) is 5.58. The van der Waals surface area contributed by atoms with Crippen molar-refractivity contribution in [2.75, 3.05) is 12.4 Å². The van der Waals surface area contributed by atoms with Gasteiger partial charge < -0.3 is 10.6 Å². The first kappa shape index (κ1) is 16.2. The van der Waals surface area contributed by atoms with Gasteiger partial charge in [0.1, 0.15) is 0 Å². The predicted molar refractivity (Wildman–Crippen MR) is 89.0 cm³/mol. The van der Waals surface area contributed by atoms with Gasteiger partial charge in [0.05, 0.1) is 5.56 Å². The minimum absolute atomic E-state index is 0.0447. The van der Waals surface area contributed by atoms with E-state index in [0.29, 0.717) is 16.5 Å². The van der Waals surface area contributed by atoms with Gasteiger partial charge in [0, 0.05) is 23.8 Å². The van der Waals surface area contributed by atoms with Crippen LogP contribution in [-0.4, -0.2) is 19.0 Å². The van der Waals surface area contributed by atoms with Crippen molar-refractivity contribution in [1.82, 2.24) is 5.32 Å². The molecule has 1 aromatic rings. The van der Waals surface area contributed by atoms with E-state index in [0.717, 1.165) is 18.5 Å². The summed E-state index contributed by atoms with van der Waals surface area (Å²) in [6.45, 7) is 6.82. The van der Waals surface area contributed by atoms with Gasteiger partial charge in [0.25, 0.3) is 5.91 Å². The zero-order valence-corrected chi connectivity index (χ0v) is 14.1. The molecule has 1 fully saturated rings. The number of carbonyl (C=O) groups is 1. The van der Waals surface area contributed by atoms with Crippen molar-refractivity contribution < 1.29 is 4.79 Å².